The van der Waals surface area contributed by atoms with Crippen molar-refractivity contribution < 1.29 is 8.42 Å². The van der Waals surface area contributed by atoms with Gasteiger partial charge in [0.2, 0.25) is 0 Å². The van der Waals surface area contributed by atoms with Gasteiger partial charge in [0.1, 0.15) is 0 Å². The minimum absolute atomic E-state index is 0.0642. The number of guanidine groups is 1. The number of nitrogens with one attached hydrogen (secondary N) is 1. The fraction of sp³-hybridized carbons (Fsp3) is 0.318. The van der Waals surface area contributed by atoms with Gasteiger partial charge in [0.15, 0.2) is 15.8 Å². The van der Waals surface area contributed by atoms with Crippen molar-refractivity contribution in [2.75, 3.05) is 26.4 Å². The van der Waals surface area contributed by atoms with Crippen LogP contribution in [0, 0.1) is 0 Å². The Bertz CT molecular complexity index is 966. The summed E-state index contributed by atoms with van der Waals surface area (Å²) in [6, 6.07) is 18.2. The molecule has 1 heterocycles. The van der Waals surface area contributed by atoms with E-state index in [-0.39, 0.29) is 5.75 Å². The zero-order valence-electron chi connectivity index (χ0n) is 16.4. The van der Waals surface area contributed by atoms with Gasteiger partial charge in [-0.05, 0) is 28.7 Å². The molecule has 0 atom stereocenters. The summed E-state index contributed by atoms with van der Waals surface area (Å²) in [6.07, 6.45) is 4.50. The molecule has 0 saturated heterocycles. The van der Waals surface area contributed by atoms with Gasteiger partial charge in [-0.25, -0.2) is 8.42 Å². The van der Waals surface area contributed by atoms with E-state index < -0.39 is 9.84 Å². The third kappa shape index (κ3) is 5.70. The summed E-state index contributed by atoms with van der Waals surface area (Å²) in [7, 11) is -1.24. The lowest BCUT2D eigenvalue weighted by atomic mass is 10.00. The van der Waals surface area contributed by atoms with Crippen molar-refractivity contribution in [1.82, 2.24) is 10.2 Å². The zero-order valence-corrected chi connectivity index (χ0v) is 17.2. The highest BCUT2D eigenvalue weighted by molar-refractivity contribution is 7.89. The summed E-state index contributed by atoms with van der Waals surface area (Å²) in [4.78, 5) is 6.64. The first-order valence-electron chi connectivity index (χ1n) is 9.40. The molecule has 2 aromatic rings. The van der Waals surface area contributed by atoms with Crippen LogP contribution in [0.1, 0.15) is 23.1 Å². The summed E-state index contributed by atoms with van der Waals surface area (Å²) in [5, 5.41) is 3.40. The Kier molecular flexibility index (Phi) is 6.52. The molecule has 0 bridgehead atoms. The van der Waals surface area contributed by atoms with Crippen molar-refractivity contribution in [2.24, 2.45) is 4.99 Å². The number of hydrogen-bond acceptors (Lipinski definition) is 3. The van der Waals surface area contributed by atoms with Crippen LogP contribution in [0.5, 0.6) is 0 Å². The molecule has 0 aromatic heterocycles. The fourth-order valence-corrected chi connectivity index (χ4v) is 4.21. The first-order valence-corrected chi connectivity index (χ1v) is 11.5. The molecular formula is C22H27N3O2S. The number of aliphatic imine (C=N–C) groups is 1. The third-order valence-electron chi connectivity index (χ3n) is 4.74. The molecule has 2 aromatic carbocycles. The van der Waals surface area contributed by atoms with E-state index in [4.69, 9.17) is 0 Å². The van der Waals surface area contributed by atoms with E-state index in [0.717, 1.165) is 36.6 Å². The molecule has 3 rings (SSSR count). The molecule has 1 N–H and O–H groups in total. The highest BCUT2D eigenvalue weighted by Gasteiger charge is 2.16. The van der Waals surface area contributed by atoms with Crippen molar-refractivity contribution in [3.05, 3.63) is 77.4 Å². The normalized spacial score (nSPS) is 15.3. The van der Waals surface area contributed by atoms with Gasteiger partial charge in [-0.1, -0.05) is 60.7 Å². The average molecular weight is 398 g/mol. The van der Waals surface area contributed by atoms with Crippen LogP contribution in [0.15, 0.2) is 65.7 Å². The first kappa shape index (κ1) is 20.1. The van der Waals surface area contributed by atoms with Crippen LogP contribution >= 0.6 is 0 Å². The summed E-state index contributed by atoms with van der Waals surface area (Å²) in [6.45, 7) is 2.34. The number of hydrogen-bond donors (Lipinski definition) is 1. The van der Waals surface area contributed by atoms with E-state index in [2.05, 4.69) is 45.6 Å². The fourth-order valence-electron chi connectivity index (χ4n) is 3.42. The largest absolute Gasteiger partial charge is 0.352 e. The Labute approximate surface area is 167 Å². The molecule has 0 radical (unpaired) electrons. The van der Waals surface area contributed by atoms with Crippen LogP contribution in [0.2, 0.25) is 0 Å². The Morgan fingerprint density at radius 1 is 1.11 bits per heavy atom. The van der Waals surface area contributed by atoms with Crippen LogP contribution in [0.25, 0.3) is 5.57 Å². The SMILES string of the molecule is CN=C(NCc1cccc(CS(C)(=O)=O)c1)N1CC=C(c2ccccc2)CC1. The van der Waals surface area contributed by atoms with Gasteiger partial charge >= 0.3 is 0 Å². The minimum Gasteiger partial charge on any atom is -0.352 e. The quantitative estimate of drug-likeness (QED) is 0.622. The third-order valence-corrected chi connectivity index (χ3v) is 5.59. The van der Waals surface area contributed by atoms with Gasteiger partial charge in [-0.15, -0.1) is 0 Å². The van der Waals surface area contributed by atoms with Gasteiger partial charge in [0, 0.05) is 32.9 Å². The minimum atomic E-state index is -3.03. The van der Waals surface area contributed by atoms with E-state index in [0.29, 0.717) is 6.54 Å². The summed E-state index contributed by atoms with van der Waals surface area (Å²) in [5.74, 6) is 0.922. The van der Waals surface area contributed by atoms with Crippen molar-refractivity contribution in [1.29, 1.82) is 0 Å². The molecule has 28 heavy (non-hydrogen) atoms. The molecule has 1 aliphatic heterocycles. The van der Waals surface area contributed by atoms with E-state index in [1.807, 2.05) is 30.3 Å². The average Bonchev–Trinajstić information content (AvgIpc) is 2.69. The molecule has 0 spiro atoms. The number of rotatable bonds is 5. The Balaban J connectivity index is 1.60. The van der Waals surface area contributed by atoms with Crippen molar-refractivity contribution in [2.45, 2.75) is 18.7 Å². The first-order chi connectivity index (χ1) is 13.4. The second kappa shape index (κ2) is 9.06. The smallest absolute Gasteiger partial charge is 0.194 e. The van der Waals surface area contributed by atoms with Crippen LogP contribution in [-0.4, -0.2) is 45.7 Å². The maximum absolute atomic E-state index is 11.5. The molecule has 0 aliphatic carbocycles. The summed E-state index contributed by atoms with van der Waals surface area (Å²) < 4.78 is 23.0. The molecule has 0 fully saturated rings. The molecule has 0 unspecified atom stereocenters. The number of nitrogens with zero attached hydrogens (tertiary/aromatic N) is 2. The van der Waals surface area contributed by atoms with Gasteiger partial charge in [0.25, 0.3) is 0 Å². The van der Waals surface area contributed by atoms with Crippen LogP contribution in [-0.2, 0) is 22.1 Å². The highest BCUT2D eigenvalue weighted by atomic mass is 32.2. The molecule has 0 saturated carbocycles. The highest BCUT2D eigenvalue weighted by Crippen LogP contribution is 2.22. The van der Waals surface area contributed by atoms with Gasteiger partial charge in [-0.2, -0.15) is 0 Å². The maximum Gasteiger partial charge on any atom is 0.194 e. The number of sulfone groups is 1. The molecule has 0 amide bonds. The zero-order chi connectivity index (χ0) is 20.0. The summed E-state index contributed by atoms with van der Waals surface area (Å²) in [5.41, 5.74) is 4.51. The van der Waals surface area contributed by atoms with Crippen LogP contribution in [0.4, 0.5) is 0 Å². The predicted octanol–water partition coefficient (Wildman–Crippen LogP) is 3.10. The van der Waals surface area contributed by atoms with E-state index in [9.17, 15) is 8.42 Å². The molecule has 148 valence electrons. The van der Waals surface area contributed by atoms with Crippen molar-refractivity contribution in [3.8, 4) is 0 Å². The van der Waals surface area contributed by atoms with Gasteiger partial charge in [0.05, 0.1) is 5.75 Å². The lowest BCUT2D eigenvalue weighted by molar-refractivity contribution is 0.440. The van der Waals surface area contributed by atoms with Crippen molar-refractivity contribution in [3.63, 3.8) is 0 Å². The van der Waals surface area contributed by atoms with Crippen LogP contribution in [0.3, 0.4) is 0 Å². The van der Waals surface area contributed by atoms with Gasteiger partial charge in [-0.3, -0.25) is 4.99 Å². The second-order valence-electron chi connectivity index (χ2n) is 7.08. The van der Waals surface area contributed by atoms with E-state index in [1.54, 1.807) is 7.05 Å². The van der Waals surface area contributed by atoms with Crippen LogP contribution < -0.4 is 5.32 Å². The Morgan fingerprint density at radius 2 is 1.86 bits per heavy atom. The second-order valence-corrected chi connectivity index (χ2v) is 9.22. The predicted molar refractivity (Wildman–Crippen MR) is 116 cm³/mol. The standard InChI is InChI=1S/C22H27N3O2S/c1-23-22(24-16-18-7-6-8-19(15-18)17-28(2,26)27)25-13-11-21(12-14-25)20-9-4-3-5-10-20/h3-11,15H,12-14,16-17H2,1-2H3,(H,23,24). The Hall–Kier alpha value is -2.60. The lowest BCUT2D eigenvalue weighted by Gasteiger charge is -2.30. The topological polar surface area (TPSA) is 61.8 Å². The van der Waals surface area contributed by atoms with Crippen molar-refractivity contribution >= 4 is 21.4 Å². The molecule has 6 heteroatoms. The van der Waals surface area contributed by atoms with E-state index in [1.165, 1.54) is 17.4 Å². The molecule has 5 nitrogen and oxygen atoms in total. The number of benzene rings is 2. The molecule has 1 aliphatic rings. The maximum atomic E-state index is 11.5. The lowest BCUT2D eigenvalue weighted by Crippen LogP contribution is -2.43. The van der Waals surface area contributed by atoms with E-state index >= 15 is 0 Å². The summed E-state index contributed by atoms with van der Waals surface area (Å²) >= 11 is 0. The Morgan fingerprint density at radius 3 is 2.50 bits per heavy atom. The molecular weight excluding hydrogens is 370 g/mol. The monoisotopic (exact) mass is 397 g/mol. The van der Waals surface area contributed by atoms with Gasteiger partial charge < -0.3 is 10.2 Å².